The van der Waals surface area contributed by atoms with Crippen LogP contribution in [0.5, 0.6) is 0 Å². The zero-order valence-electron chi connectivity index (χ0n) is 9.47. The van der Waals surface area contributed by atoms with Crippen LogP contribution in [0.2, 0.25) is 0 Å². The van der Waals surface area contributed by atoms with Crippen molar-refractivity contribution in [1.82, 2.24) is 4.31 Å². The van der Waals surface area contributed by atoms with E-state index < -0.39 is 10.0 Å². The van der Waals surface area contributed by atoms with Crippen molar-refractivity contribution >= 4 is 10.0 Å². The van der Waals surface area contributed by atoms with Crippen LogP contribution in [0.4, 0.5) is 0 Å². The Morgan fingerprint density at radius 1 is 1.31 bits per heavy atom. The van der Waals surface area contributed by atoms with E-state index in [1.165, 1.54) is 4.31 Å². The predicted octanol–water partition coefficient (Wildman–Crippen LogP) is 0.635. The molecule has 2 rings (SSSR count). The summed E-state index contributed by atoms with van der Waals surface area (Å²) in [5.41, 5.74) is 7.46. The summed E-state index contributed by atoms with van der Waals surface area (Å²) in [6, 6.07) is 5.36. The third-order valence-corrected chi connectivity index (χ3v) is 4.82. The zero-order valence-corrected chi connectivity index (χ0v) is 10.3. The summed E-state index contributed by atoms with van der Waals surface area (Å²) in [7, 11) is -3.33. The Bertz CT molecular complexity index is 505. The van der Waals surface area contributed by atoms with Crippen LogP contribution in [0.3, 0.4) is 0 Å². The quantitative estimate of drug-likeness (QED) is 0.825. The van der Waals surface area contributed by atoms with Crippen LogP contribution < -0.4 is 5.73 Å². The highest BCUT2D eigenvalue weighted by molar-refractivity contribution is 7.89. The van der Waals surface area contributed by atoms with Gasteiger partial charge >= 0.3 is 0 Å². The summed E-state index contributed by atoms with van der Waals surface area (Å²) in [5, 5.41) is 0. The van der Waals surface area contributed by atoms with E-state index in [0.29, 0.717) is 18.0 Å². The standard InChI is InChI=1S/C11H16N2O2S/c1-8-3-4-11(9(2)5-8)16(14,15)13-6-10(12)7-13/h3-5,10H,6-7,12H2,1-2H3. The maximum absolute atomic E-state index is 12.2. The van der Waals surface area contributed by atoms with E-state index in [2.05, 4.69) is 0 Å². The van der Waals surface area contributed by atoms with Crippen molar-refractivity contribution in [2.45, 2.75) is 24.8 Å². The molecule has 1 fully saturated rings. The van der Waals surface area contributed by atoms with Gasteiger partial charge in [-0.3, -0.25) is 0 Å². The second kappa shape index (κ2) is 3.84. The van der Waals surface area contributed by atoms with E-state index in [-0.39, 0.29) is 6.04 Å². The molecule has 16 heavy (non-hydrogen) atoms. The molecule has 1 heterocycles. The Labute approximate surface area is 96.1 Å². The fraction of sp³-hybridized carbons (Fsp3) is 0.455. The molecule has 2 N–H and O–H groups in total. The van der Waals surface area contributed by atoms with Gasteiger partial charge in [-0.2, -0.15) is 4.31 Å². The second-order valence-corrected chi connectivity index (χ2v) is 6.26. The number of rotatable bonds is 2. The van der Waals surface area contributed by atoms with Crippen LogP contribution in [-0.2, 0) is 10.0 Å². The van der Waals surface area contributed by atoms with Crippen LogP contribution in [0, 0.1) is 13.8 Å². The largest absolute Gasteiger partial charge is 0.325 e. The number of nitrogens with zero attached hydrogens (tertiary/aromatic N) is 1. The van der Waals surface area contributed by atoms with Crippen molar-refractivity contribution in [3.8, 4) is 0 Å². The minimum Gasteiger partial charge on any atom is -0.325 e. The molecule has 0 unspecified atom stereocenters. The van der Waals surface area contributed by atoms with E-state index in [4.69, 9.17) is 5.73 Å². The average Bonchev–Trinajstić information content (AvgIpc) is 2.12. The molecule has 5 heteroatoms. The molecule has 0 amide bonds. The van der Waals surface area contributed by atoms with Crippen molar-refractivity contribution in [2.75, 3.05) is 13.1 Å². The summed E-state index contributed by atoms with van der Waals surface area (Å²) >= 11 is 0. The molecule has 0 aromatic heterocycles. The van der Waals surface area contributed by atoms with Crippen molar-refractivity contribution in [3.63, 3.8) is 0 Å². The van der Waals surface area contributed by atoms with E-state index >= 15 is 0 Å². The molecular formula is C11H16N2O2S. The highest BCUT2D eigenvalue weighted by Gasteiger charge is 2.35. The van der Waals surface area contributed by atoms with Gasteiger partial charge in [-0.1, -0.05) is 17.7 Å². The fourth-order valence-corrected chi connectivity index (χ4v) is 3.65. The molecule has 4 nitrogen and oxygen atoms in total. The maximum Gasteiger partial charge on any atom is 0.243 e. The zero-order chi connectivity index (χ0) is 11.9. The first-order valence-corrected chi connectivity index (χ1v) is 6.68. The van der Waals surface area contributed by atoms with Gasteiger partial charge in [0, 0.05) is 19.1 Å². The van der Waals surface area contributed by atoms with Crippen LogP contribution >= 0.6 is 0 Å². The van der Waals surface area contributed by atoms with Gasteiger partial charge in [0.2, 0.25) is 10.0 Å². The summed E-state index contributed by atoms with van der Waals surface area (Å²) < 4.78 is 25.8. The van der Waals surface area contributed by atoms with Crippen molar-refractivity contribution in [1.29, 1.82) is 0 Å². The van der Waals surface area contributed by atoms with Crippen LogP contribution in [0.1, 0.15) is 11.1 Å². The molecule has 0 bridgehead atoms. The Hall–Kier alpha value is -0.910. The molecule has 1 saturated heterocycles. The van der Waals surface area contributed by atoms with Gasteiger partial charge in [0.05, 0.1) is 4.90 Å². The van der Waals surface area contributed by atoms with Gasteiger partial charge in [0.25, 0.3) is 0 Å². The second-order valence-electron chi connectivity index (χ2n) is 4.35. The molecule has 0 atom stereocenters. The van der Waals surface area contributed by atoms with Gasteiger partial charge in [0.15, 0.2) is 0 Å². The third kappa shape index (κ3) is 1.86. The smallest absolute Gasteiger partial charge is 0.243 e. The fourth-order valence-electron chi connectivity index (χ4n) is 1.89. The van der Waals surface area contributed by atoms with E-state index in [0.717, 1.165) is 11.1 Å². The van der Waals surface area contributed by atoms with E-state index in [9.17, 15) is 8.42 Å². The molecule has 1 aromatic carbocycles. The third-order valence-electron chi connectivity index (χ3n) is 2.82. The van der Waals surface area contributed by atoms with Crippen LogP contribution in [0.25, 0.3) is 0 Å². The molecule has 1 aromatic rings. The number of aryl methyl sites for hydroxylation is 2. The van der Waals surface area contributed by atoms with Gasteiger partial charge in [-0.25, -0.2) is 8.42 Å². The molecule has 0 radical (unpaired) electrons. The molecule has 0 aliphatic carbocycles. The minimum absolute atomic E-state index is 0.0134. The Morgan fingerprint density at radius 3 is 2.44 bits per heavy atom. The Morgan fingerprint density at radius 2 is 1.94 bits per heavy atom. The first-order chi connectivity index (χ1) is 7.41. The Balaban J connectivity index is 2.36. The molecular weight excluding hydrogens is 224 g/mol. The first kappa shape index (κ1) is 11.6. The SMILES string of the molecule is Cc1ccc(S(=O)(=O)N2CC(N)C2)c(C)c1. The molecule has 0 spiro atoms. The van der Waals surface area contributed by atoms with E-state index in [1.54, 1.807) is 6.07 Å². The minimum atomic E-state index is -3.33. The van der Waals surface area contributed by atoms with Gasteiger partial charge < -0.3 is 5.73 Å². The first-order valence-electron chi connectivity index (χ1n) is 5.24. The maximum atomic E-state index is 12.2. The number of sulfonamides is 1. The lowest BCUT2D eigenvalue weighted by atomic mass is 10.2. The molecule has 1 aliphatic rings. The topological polar surface area (TPSA) is 63.4 Å². The van der Waals surface area contributed by atoms with E-state index in [1.807, 2.05) is 26.0 Å². The predicted molar refractivity (Wildman–Crippen MR) is 62.7 cm³/mol. The summed E-state index contributed by atoms with van der Waals surface area (Å²) in [4.78, 5) is 0.394. The van der Waals surface area contributed by atoms with Crippen LogP contribution in [0.15, 0.2) is 23.1 Å². The lowest BCUT2D eigenvalue weighted by Crippen LogP contribution is -2.57. The number of nitrogens with two attached hydrogens (primary N) is 1. The van der Waals surface area contributed by atoms with Crippen LogP contribution in [-0.4, -0.2) is 31.9 Å². The average molecular weight is 240 g/mol. The summed E-state index contributed by atoms with van der Waals surface area (Å²) in [5.74, 6) is 0. The normalized spacial score (nSPS) is 18.4. The molecule has 88 valence electrons. The number of hydrogen-bond acceptors (Lipinski definition) is 3. The lowest BCUT2D eigenvalue weighted by Gasteiger charge is -2.35. The number of hydrogen-bond donors (Lipinski definition) is 1. The molecule has 0 saturated carbocycles. The lowest BCUT2D eigenvalue weighted by molar-refractivity contribution is 0.265. The summed E-state index contributed by atoms with van der Waals surface area (Å²) in [6.07, 6.45) is 0. The summed E-state index contributed by atoms with van der Waals surface area (Å²) in [6.45, 7) is 4.62. The van der Waals surface area contributed by atoms with Crippen molar-refractivity contribution < 1.29 is 8.42 Å². The molecule has 1 aliphatic heterocycles. The Kier molecular flexibility index (Phi) is 2.77. The van der Waals surface area contributed by atoms with Crippen molar-refractivity contribution in [3.05, 3.63) is 29.3 Å². The highest BCUT2D eigenvalue weighted by atomic mass is 32.2. The van der Waals surface area contributed by atoms with Crippen molar-refractivity contribution in [2.24, 2.45) is 5.73 Å². The van der Waals surface area contributed by atoms with Gasteiger partial charge in [0.1, 0.15) is 0 Å². The van der Waals surface area contributed by atoms with Gasteiger partial charge in [-0.05, 0) is 25.5 Å². The number of benzene rings is 1. The van der Waals surface area contributed by atoms with Gasteiger partial charge in [-0.15, -0.1) is 0 Å². The monoisotopic (exact) mass is 240 g/mol. The highest BCUT2D eigenvalue weighted by Crippen LogP contribution is 2.24.